The van der Waals surface area contributed by atoms with E-state index in [1.54, 1.807) is 20.3 Å². The molecule has 0 aliphatic carbocycles. The highest BCUT2D eigenvalue weighted by Crippen LogP contribution is 2.31. The quantitative estimate of drug-likeness (QED) is 0.878. The van der Waals surface area contributed by atoms with Crippen LogP contribution >= 0.6 is 0 Å². The summed E-state index contributed by atoms with van der Waals surface area (Å²) in [4.78, 5) is 4.13. The maximum atomic E-state index is 12.9. The average molecular weight is 290 g/mol. The van der Waals surface area contributed by atoms with E-state index in [2.05, 4.69) is 10.3 Å². The number of hydrogen-bond donors (Lipinski definition) is 1. The molecule has 1 aromatic heterocycles. The molecule has 2 rings (SSSR count). The van der Waals surface area contributed by atoms with Gasteiger partial charge in [0.1, 0.15) is 5.82 Å². The molecular formula is C16H19FN2O2. The molecule has 0 saturated heterocycles. The van der Waals surface area contributed by atoms with E-state index in [-0.39, 0.29) is 11.9 Å². The molecule has 4 nitrogen and oxygen atoms in total. The van der Waals surface area contributed by atoms with Crippen molar-refractivity contribution >= 4 is 5.69 Å². The van der Waals surface area contributed by atoms with Crippen LogP contribution in [0.5, 0.6) is 11.5 Å². The zero-order chi connectivity index (χ0) is 15.2. The highest BCUT2D eigenvalue weighted by molar-refractivity contribution is 5.55. The summed E-state index contributed by atoms with van der Waals surface area (Å²) in [5.74, 6) is 1.00. The smallest absolute Gasteiger partial charge is 0.162 e. The van der Waals surface area contributed by atoms with Crippen LogP contribution < -0.4 is 14.8 Å². The molecular weight excluding hydrogens is 271 g/mol. The Morgan fingerprint density at radius 2 is 1.90 bits per heavy atom. The summed E-state index contributed by atoms with van der Waals surface area (Å²) < 4.78 is 23.4. The number of anilines is 1. The van der Waals surface area contributed by atoms with E-state index in [1.807, 2.05) is 25.1 Å². The van der Waals surface area contributed by atoms with Gasteiger partial charge in [-0.1, -0.05) is 6.92 Å². The van der Waals surface area contributed by atoms with Gasteiger partial charge in [0.15, 0.2) is 11.5 Å². The molecule has 112 valence electrons. The predicted octanol–water partition coefficient (Wildman–Crippen LogP) is 3.80. The molecule has 0 bridgehead atoms. The van der Waals surface area contributed by atoms with Crippen molar-refractivity contribution in [1.29, 1.82) is 0 Å². The SMILES string of the molecule is CCC(Nc1ccc(OC)c(OC)c1)c1ccc(F)cn1. The number of pyridine rings is 1. The number of nitrogens with one attached hydrogen (secondary N) is 1. The van der Waals surface area contributed by atoms with Gasteiger partial charge in [0.2, 0.25) is 0 Å². The minimum absolute atomic E-state index is 0.00343. The van der Waals surface area contributed by atoms with E-state index in [4.69, 9.17) is 9.47 Å². The van der Waals surface area contributed by atoms with Gasteiger partial charge >= 0.3 is 0 Å². The molecule has 2 aromatic rings. The maximum absolute atomic E-state index is 12.9. The number of aromatic nitrogens is 1. The summed E-state index contributed by atoms with van der Waals surface area (Å²) in [5.41, 5.74) is 1.69. The Morgan fingerprint density at radius 1 is 1.14 bits per heavy atom. The molecule has 0 aliphatic rings. The first kappa shape index (κ1) is 15.1. The van der Waals surface area contributed by atoms with E-state index < -0.39 is 0 Å². The van der Waals surface area contributed by atoms with Gasteiger partial charge in [-0.05, 0) is 30.7 Å². The van der Waals surface area contributed by atoms with Crippen LogP contribution in [0.25, 0.3) is 0 Å². The van der Waals surface area contributed by atoms with Crippen molar-refractivity contribution in [3.63, 3.8) is 0 Å². The van der Waals surface area contributed by atoms with Crippen LogP contribution in [-0.2, 0) is 0 Å². The first-order valence-corrected chi connectivity index (χ1v) is 6.78. The number of benzene rings is 1. The number of nitrogens with zero attached hydrogens (tertiary/aromatic N) is 1. The molecule has 1 aromatic carbocycles. The van der Waals surface area contributed by atoms with Crippen molar-refractivity contribution in [2.75, 3.05) is 19.5 Å². The normalized spacial score (nSPS) is 11.8. The van der Waals surface area contributed by atoms with E-state index in [0.29, 0.717) is 11.5 Å². The van der Waals surface area contributed by atoms with Gasteiger partial charge in [-0.2, -0.15) is 0 Å². The van der Waals surface area contributed by atoms with Crippen molar-refractivity contribution in [1.82, 2.24) is 4.98 Å². The fraction of sp³-hybridized carbons (Fsp3) is 0.312. The minimum atomic E-state index is -0.334. The molecule has 1 atom stereocenters. The van der Waals surface area contributed by atoms with Gasteiger partial charge in [0.25, 0.3) is 0 Å². The highest BCUT2D eigenvalue weighted by Gasteiger charge is 2.12. The van der Waals surface area contributed by atoms with Gasteiger partial charge in [-0.15, -0.1) is 0 Å². The monoisotopic (exact) mass is 290 g/mol. The van der Waals surface area contributed by atoms with Crippen molar-refractivity contribution in [2.24, 2.45) is 0 Å². The van der Waals surface area contributed by atoms with Crippen LogP contribution in [0.1, 0.15) is 25.1 Å². The second kappa shape index (κ2) is 6.92. The Balaban J connectivity index is 2.20. The fourth-order valence-electron chi connectivity index (χ4n) is 2.11. The van der Waals surface area contributed by atoms with Crippen LogP contribution in [0.2, 0.25) is 0 Å². The summed E-state index contributed by atoms with van der Waals surface area (Å²) in [6, 6.07) is 8.73. The maximum Gasteiger partial charge on any atom is 0.162 e. The lowest BCUT2D eigenvalue weighted by Crippen LogP contribution is -2.11. The van der Waals surface area contributed by atoms with Crippen LogP contribution in [-0.4, -0.2) is 19.2 Å². The van der Waals surface area contributed by atoms with Gasteiger partial charge in [0.05, 0.1) is 32.2 Å². The molecule has 0 aliphatic heterocycles. The van der Waals surface area contributed by atoms with Gasteiger partial charge in [0, 0.05) is 11.8 Å². The first-order chi connectivity index (χ1) is 10.2. The predicted molar refractivity (Wildman–Crippen MR) is 80.4 cm³/mol. The van der Waals surface area contributed by atoms with Gasteiger partial charge in [-0.3, -0.25) is 4.98 Å². The largest absolute Gasteiger partial charge is 0.493 e. The van der Waals surface area contributed by atoms with Gasteiger partial charge < -0.3 is 14.8 Å². The molecule has 1 heterocycles. The molecule has 5 heteroatoms. The van der Waals surface area contributed by atoms with Crippen molar-refractivity contribution in [3.8, 4) is 11.5 Å². The van der Waals surface area contributed by atoms with E-state index in [0.717, 1.165) is 17.8 Å². The molecule has 0 saturated carbocycles. The number of rotatable bonds is 6. The Labute approximate surface area is 123 Å². The summed E-state index contributed by atoms with van der Waals surface area (Å²) in [6.07, 6.45) is 2.06. The number of ether oxygens (including phenoxy) is 2. The van der Waals surface area contributed by atoms with Crippen molar-refractivity contribution in [2.45, 2.75) is 19.4 Å². The van der Waals surface area contributed by atoms with Crippen molar-refractivity contribution < 1.29 is 13.9 Å². The van der Waals surface area contributed by atoms with Crippen LogP contribution in [0.15, 0.2) is 36.5 Å². The van der Waals surface area contributed by atoms with Crippen LogP contribution in [0.3, 0.4) is 0 Å². The minimum Gasteiger partial charge on any atom is -0.493 e. The number of methoxy groups -OCH3 is 2. The molecule has 1 N–H and O–H groups in total. The third-order valence-corrected chi connectivity index (χ3v) is 3.24. The molecule has 0 radical (unpaired) electrons. The molecule has 0 amide bonds. The Hall–Kier alpha value is -2.30. The zero-order valence-corrected chi connectivity index (χ0v) is 12.4. The van der Waals surface area contributed by atoms with Crippen LogP contribution in [0, 0.1) is 5.82 Å². The Kier molecular flexibility index (Phi) is 4.98. The average Bonchev–Trinajstić information content (AvgIpc) is 2.53. The highest BCUT2D eigenvalue weighted by atomic mass is 19.1. The lowest BCUT2D eigenvalue weighted by Gasteiger charge is -2.19. The summed E-state index contributed by atoms with van der Waals surface area (Å²) in [7, 11) is 3.20. The third-order valence-electron chi connectivity index (χ3n) is 3.24. The summed E-state index contributed by atoms with van der Waals surface area (Å²) >= 11 is 0. The second-order valence-electron chi connectivity index (χ2n) is 4.58. The summed E-state index contributed by atoms with van der Waals surface area (Å²) in [6.45, 7) is 2.05. The Morgan fingerprint density at radius 3 is 2.48 bits per heavy atom. The number of halogens is 1. The fourth-order valence-corrected chi connectivity index (χ4v) is 2.11. The Bertz CT molecular complexity index is 587. The third kappa shape index (κ3) is 3.62. The molecule has 0 spiro atoms. The molecule has 1 unspecified atom stereocenters. The topological polar surface area (TPSA) is 43.4 Å². The summed E-state index contributed by atoms with van der Waals surface area (Å²) in [5, 5.41) is 3.37. The van der Waals surface area contributed by atoms with Crippen molar-refractivity contribution in [3.05, 3.63) is 48.0 Å². The van der Waals surface area contributed by atoms with Crippen LogP contribution in [0.4, 0.5) is 10.1 Å². The van der Waals surface area contributed by atoms with E-state index in [1.165, 1.54) is 12.3 Å². The second-order valence-corrected chi connectivity index (χ2v) is 4.58. The standard InChI is InChI=1S/C16H19FN2O2/c1-4-13(14-7-5-11(17)10-18-14)19-12-6-8-15(20-2)16(9-12)21-3/h5-10,13,19H,4H2,1-3H3. The molecule has 0 fully saturated rings. The lowest BCUT2D eigenvalue weighted by atomic mass is 10.1. The molecule has 21 heavy (non-hydrogen) atoms. The zero-order valence-electron chi connectivity index (χ0n) is 12.4. The lowest BCUT2D eigenvalue weighted by molar-refractivity contribution is 0.355. The van der Waals surface area contributed by atoms with E-state index >= 15 is 0 Å². The van der Waals surface area contributed by atoms with Gasteiger partial charge in [-0.25, -0.2) is 4.39 Å². The van der Waals surface area contributed by atoms with E-state index in [9.17, 15) is 4.39 Å². The first-order valence-electron chi connectivity index (χ1n) is 6.78. The number of hydrogen-bond acceptors (Lipinski definition) is 4.